The van der Waals surface area contributed by atoms with E-state index in [1.165, 1.54) is 5.56 Å². The van der Waals surface area contributed by atoms with E-state index in [9.17, 15) is 0 Å². The lowest BCUT2D eigenvalue weighted by atomic mass is 9.87. The molecule has 3 N–H and O–H groups in total. The number of nitrogens with two attached hydrogens (primary N) is 1. The molecule has 0 saturated carbocycles. The zero-order chi connectivity index (χ0) is 14.6. The van der Waals surface area contributed by atoms with Crippen molar-refractivity contribution in [2.45, 2.75) is 32.8 Å². The molecule has 0 radical (unpaired) electrons. The Morgan fingerprint density at radius 1 is 1.20 bits per heavy atom. The molecular weight excluding hydrogens is 250 g/mol. The highest BCUT2D eigenvalue weighted by molar-refractivity contribution is 5.41. The van der Waals surface area contributed by atoms with E-state index in [1.54, 1.807) is 6.20 Å². The summed E-state index contributed by atoms with van der Waals surface area (Å²) in [5.41, 5.74) is 5.62. The molecule has 0 bridgehead atoms. The van der Waals surface area contributed by atoms with E-state index in [2.05, 4.69) is 43.3 Å². The van der Waals surface area contributed by atoms with E-state index in [1.807, 2.05) is 24.3 Å². The van der Waals surface area contributed by atoms with Crippen molar-refractivity contribution in [1.82, 2.24) is 4.98 Å². The molecule has 0 fully saturated rings. The molecule has 4 nitrogen and oxygen atoms in total. The molecule has 0 unspecified atom stereocenters. The van der Waals surface area contributed by atoms with Gasteiger partial charge in [-0.1, -0.05) is 32.9 Å². The number of benzene rings is 1. The molecule has 2 rings (SSSR count). The molecule has 1 aromatic heterocycles. The van der Waals surface area contributed by atoms with Gasteiger partial charge in [-0.15, -0.1) is 0 Å². The molecule has 4 heteroatoms. The number of hydrogen-bond acceptors (Lipinski definition) is 4. The minimum Gasteiger partial charge on any atom is -0.487 e. The third-order valence-corrected chi connectivity index (χ3v) is 3.07. The Bertz CT molecular complexity index is 576. The van der Waals surface area contributed by atoms with Crippen molar-refractivity contribution in [3.8, 4) is 5.75 Å². The van der Waals surface area contributed by atoms with Crippen LogP contribution in [0.4, 0.5) is 5.69 Å². The van der Waals surface area contributed by atoms with E-state index < -0.39 is 0 Å². The average Bonchev–Trinajstić information content (AvgIpc) is 2.45. The fraction of sp³-hybridized carbons (Fsp3) is 0.312. The van der Waals surface area contributed by atoms with Crippen LogP contribution in [0.15, 0.2) is 42.6 Å². The van der Waals surface area contributed by atoms with E-state index in [0.717, 1.165) is 17.1 Å². The van der Waals surface area contributed by atoms with Gasteiger partial charge < -0.3 is 10.2 Å². The zero-order valence-electron chi connectivity index (χ0n) is 12.2. The first-order valence-electron chi connectivity index (χ1n) is 6.64. The van der Waals surface area contributed by atoms with Crippen LogP contribution in [-0.4, -0.2) is 4.98 Å². The lowest BCUT2D eigenvalue weighted by Gasteiger charge is -2.19. The monoisotopic (exact) mass is 271 g/mol. The van der Waals surface area contributed by atoms with Gasteiger partial charge in [-0.3, -0.25) is 10.8 Å². The Morgan fingerprint density at radius 2 is 2.00 bits per heavy atom. The predicted octanol–water partition coefficient (Wildman–Crippen LogP) is 3.24. The number of nitrogens with one attached hydrogen (secondary N) is 1. The summed E-state index contributed by atoms with van der Waals surface area (Å²) in [6.07, 6.45) is 1.71. The Kier molecular flexibility index (Phi) is 4.25. The van der Waals surface area contributed by atoms with Gasteiger partial charge in [0.05, 0.1) is 11.4 Å². The first-order chi connectivity index (χ1) is 9.49. The van der Waals surface area contributed by atoms with Crippen LogP contribution in [-0.2, 0) is 12.0 Å². The number of pyridine rings is 1. The van der Waals surface area contributed by atoms with Gasteiger partial charge in [-0.2, -0.15) is 0 Å². The van der Waals surface area contributed by atoms with Crippen LogP contribution >= 0.6 is 0 Å². The van der Waals surface area contributed by atoms with Crippen LogP contribution in [0.5, 0.6) is 5.75 Å². The normalized spacial score (nSPS) is 11.2. The van der Waals surface area contributed by atoms with Crippen LogP contribution in [0.25, 0.3) is 0 Å². The second-order valence-corrected chi connectivity index (χ2v) is 5.75. The van der Waals surface area contributed by atoms with Crippen molar-refractivity contribution in [2.75, 3.05) is 5.43 Å². The molecule has 0 atom stereocenters. The zero-order valence-corrected chi connectivity index (χ0v) is 12.2. The SMILES string of the molecule is CC(C)(C)c1cccc(OCc2cc(NN)ccn2)c1. The van der Waals surface area contributed by atoms with E-state index in [0.29, 0.717) is 6.61 Å². The topological polar surface area (TPSA) is 60.2 Å². The summed E-state index contributed by atoms with van der Waals surface area (Å²) in [6, 6.07) is 11.8. The maximum atomic E-state index is 5.80. The Balaban J connectivity index is 2.07. The van der Waals surface area contributed by atoms with Gasteiger partial charge in [0.1, 0.15) is 12.4 Å². The van der Waals surface area contributed by atoms with Crippen molar-refractivity contribution < 1.29 is 4.74 Å². The molecule has 0 saturated heterocycles. The number of nitrogen functional groups attached to an aromatic ring is 1. The van der Waals surface area contributed by atoms with Crippen LogP contribution in [0.1, 0.15) is 32.0 Å². The summed E-state index contributed by atoms with van der Waals surface area (Å²) in [5.74, 6) is 6.23. The van der Waals surface area contributed by atoms with E-state index in [4.69, 9.17) is 10.6 Å². The number of ether oxygens (including phenoxy) is 1. The van der Waals surface area contributed by atoms with Gasteiger partial charge in [0.2, 0.25) is 0 Å². The van der Waals surface area contributed by atoms with Gasteiger partial charge in [0.15, 0.2) is 0 Å². The molecule has 0 aliphatic heterocycles. The first-order valence-corrected chi connectivity index (χ1v) is 6.64. The van der Waals surface area contributed by atoms with Gasteiger partial charge in [-0.25, -0.2) is 0 Å². The molecule has 106 valence electrons. The summed E-state index contributed by atoms with van der Waals surface area (Å²) >= 11 is 0. The fourth-order valence-electron chi connectivity index (χ4n) is 1.86. The van der Waals surface area contributed by atoms with Crippen LogP contribution in [0.2, 0.25) is 0 Å². The van der Waals surface area contributed by atoms with Crippen LogP contribution in [0, 0.1) is 0 Å². The van der Waals surface area contributed by atoms with E-state index >= 15 is 0 Å². The molecule has 0 aliphatic rings. The standard InChI is InChI=1S/C16H21N3O/c1-16(2,3)12-5-4-6-15(9-12)20-11-14-10-13(19-17)7-8-18-14/h4-10H,11,17H2,1-3H3,(H,18,19). The Morgan fingerprint density at radius 3 is 2.70 bits per heavy atom. The number of aromatic nitrogens is 1. The maximum absolute atomic E-state index is 5.80. The highest BCUT2D eigenvalue weighted by atomic mass is 16.5. The Hall–Kier alpha value is -2.07. The number of anilines is 1. The van der Waals surface area contributed by atoms with Gasteiger partial charge in [-0.05, 0) is 35.2 Å². The number of hydrazine groups is 1. The van der Waals surface area contributed by atoms with Crippen molar-refractivity contribution >= 4 is 5.69 Å². The molecule has 0 amide bonds. The molecule has 1 heterocycles. The van der Waals surface area contributed by atoms with Crippen molar-refractivity contribution in [1.29, 1.82) is 0 Å². The molecule has 2 aromatic rings. The molecule has 0 spiro atoms. The summed E-state index contributed by atoms with van der Waals surface area (Å²) in [7, 11) is 0. The van der Waals surface area contributed by atoms with Gasteiger partial charge in [0, 0.05) is 6.20 Å². The second-order valence-electron chi connectivity index (χ2n) is 5.75. The summed E-state index contributed by atoms with van der Waals surface area (Å²) in [5, 5.41) is 0. The first kappa shape index (κ1) is 14.3. The number of nitrogens with zero attached hydrogens (tertiary/aromatic N) is 1. The van der Waals surface area contributed by atoms with Crippen molar-refractivity contribution in [3.05, 3.63) is 53.9 Å². The molecular formula is C16H21N3O. The number of hydrogen-bond donors (Lipinski definition) is 2. The third-order valence-electron chi connectivity index (χ3n) is 3.07. The average molecular weight is 271 g/mol. The van der Waals surface area contributed by atoms with Crippen molar-refractivity contribution in [2.24, 2.45) is 5.84 Å². The quantitative estimate of drug-likeness (QED) is 0.662. The second kappa shape index (κ2) is 5.92. The largest absolute Gasteiger partial charge is 0.487 e. The predicted molar refractivity (Wildman–Crippen MR) is 81.5 cm³/mol. The Labute approximate surface area is 120 Å². The number of rotatable bonds is 4. The van der Waals surface area contributed by atoms with Crippen LogP contribution in [0.3, 0.4) is 0 Å². The third kappa shape index (κ3) is 3.71. The molecule has 0 aliphatic carbocycles. The summed E-state index contributed by atoms with van der Waals surface area (Å²) in [6.45, 7) is 6.97. The fourth-order valence-corrected chi connectivity index (χ4v) is 1.86. The van der Waals surface area contributed by atoms with Crippen LogP contribution < -0.4 is 16.0 Å². The highest BCUT2D eigenvalue weighted by Gasteiger charge is 2.13. The highest BCUT2D eigenvalue weighted by Crippen LogP contribution is 2.25. The lowest BCUT2D eigenvalue weighted by molar-refractivity contribution is 0.300. The summed E-state index contributed by atoms with van der Waals surface area (Å²) in [4.78, 5) is 4.25. The smallest absolute Gasteiger partial charge is 0.130 e. The minimum absolute atomic E-state index is 0.112. The van der Waals surface area contributed by atoms with E-state index in [-0.39, 0.29) is 5.41 Å². The minimum atomic E-state index is 0.112. The summed E-state index contributed by atoms with van der Waals surface area (Å²) < 4.78 is 5.80. The van der Waals surface area contributed by atoms with Crippen molar-refractivity contribution in [3.63, 3.8) is 0 Å². The van der Waals surface area contributed by atoms with Gasteiger partial charge >= 0.3 is 0 Å². The van der Waals surface area contributed by atoms with Gasteiger partial charge in [0.25, 0.3) is 0 Å². The molecule has 1 aromatic carbocycles. The molecule has 20 heavy (non-hydrogen) atoms. The lowest BCUT2D eigenvalue weighted by Crippen LogP contribution is -2.11. The maximum Gasteiger partial charge on any atom is 0.130 e.